The maximum absolute atomic E-state index is 9.24. The fraction of sp³-hybridized carbons (Fsp3) is 0.889. The fourth-order valence-corrected chi connectivity index (χ4v) is 1.03. The Morgan fingerprint density at radius 2 is 1.82 bits per heavy atom. The Morgan fingerprint density at radius 3 is 2.27 bits per heavy atom. The first-order chi connectivity index (χ1) is 5.16. The summed E-state index contributed by atoms with van der Waals surface area (Å²) >= 11 is 0. The molecule has 0 aromatic heterocycles. The Bertz CT molecular complexity index is 81.6. The minimum Gasteiger partial charge on any atom is -0.393 e. The van der Waals surface area contributed by atoms with Crippen LogP contribution in [0.1, 0.15) is 39.0 Å². The fourth-order valence-electron chi connectivity index (χ4n) is 1.03. The van der Waals surface area contributed by atoms with E-state index in [0.29, 0.717) is 0 Å². The number of hydrogen-bond donors (Lipinski definition) is 2. The Balaban J connectivity index is 3.10. The molecule has 11 heavy (non-hydrogen) atoms. The highest BCUT2D eigenvalue weighted by molar-refractivity contribution is 4.58. The van der Waals surface area contributed by atoms with Gasteiger partial charge in [-0.2, -0.15) is 0 Å². The highest BCUT2D eigenvalue weighted by Gasteiger charge is 2.02. The van der Waals surface area contributed by atoms with Gasteiger partial charge in [-0.3, -0.25) is 0 Å². The second kappa shape index (κ2) is 6.62. The van der Waals surface area contributed by atoms with E-state index in [1.54, 1.807) is 6.92 Å². The summed E-state index contributed by atoms with van der Waals surface area (Å²) < 4.78 is 0. The summed E-state index contributed by atoms with van der Waals surface area (Å²) in [6.07, 6.45) is 3.59. The van der Waals surface area contributed by atoms with Gasteiger partial charge < -0.3 is 10.2 Å². The molecule has 0 saturated heterocycles. The van der Waals surface area contributed by atoms with E-state index in [0.717, 1.165) is 32.1 Å². The van der Waals surface area contributed by atoms with Gasteiger partial charge in [0.2, 0.25) is 0 Å². The van der Waals surface area contributed by atoms with Crippen molar-refractivity contribution in [3.05, 3.63) is 6.92 Å². The minimum absolute atomic E-state index is 0.216. The average molecular weight is 159 g/mol. The van der Waals surface area contributed by atoms with Crippen molar-refractivity contribution < 1.29 is 10.2 Å². The molecule has 2 heteroatoms. The van der Waals surface area contributed by atoms with Gasteiger partial charge in [-0.15, -0.1) is 0 Å². The van der Waals surface area contributed by atoms with E-state index in [1.165, 1.54) is 0 Å². The van der Waals surface area contributed by atoms with Crippen LogP contribution in [0.25, 0.3) is 0 Å². The maximum Gasteiger partial charge on any atom is 0.0540 e. The predicted molar refractivity (Wildman–Crippen MR) is 46.1 cm³/mol. The van der Waals surface area contributed by atoms with Crippen molar-refractivity contribution in [3.8, 4) is 0 Å². The molecule has 0 rings (SSSR count). The number of rotatable bonds is 6. The van der Waals surface area contributed by atoms with Gasteiger partial charge in [0, 0.05) is 0 Å². The molecule has 2 unspecified atom stereocenters. The first-order valence-electron chi connectivity index (χ1n) is 4.32. The normalized spacial score (nSPS) is 16.4. The van der Waals surface area contributed by atoms with Crippen LogP contribution in [-0.4, -0.2) is 22.4 Å². The van der Waals surface area contributed by atoms with Gasteiger partial charge in [0.25, 0.3) is 0 Å². The minimum atomic E-state index is -0.234. The van der Waals surface area contributed by atoms with Crippen LogP contribution in [0.2, 0.25) is 0 Å². The highest BCUT2D eigenvalue weighted by Crippen LogP contribution is 2.07. The largest absolute Gasteiger partial charge is 0.393 e. The summed E-state index contributed by atoms with van der Waals surface area (Å²) in [6, 6.07) is 0. The van der Waals surface area contributed by atoms with Gasteiger partial charge in [-0.05, 0) is 32.6 Å². The molecule has 0 aromatic rings. The van der Waals surface area contributed by atoms with E-state index in [-0.39, 0.29) is 12.2 Å². The second-order valence-corrected chi connectivity index (χ2v) is 3.08. The third kappa shape index (κ3) is 7.82. The molecule has 1 radical (unpaired) electrons. The Morgan fingerprint density at radius 1 is 1.18 bits per heavy atom. The Kier molecular flexibility index (Phi) is 6.57. The molecule has 2 N–H and O–H groups in total. The summed E-state index contributed by atoms with van der Waals surface area (Å²) in [6.45, 7) is 5.43. The molecule has 0 bridgehead atoms. The van der Waals surface area contributed by atoms with Gasteiger partial charge >= 0.3 is 0 Å². The van der Waals surface area contributed by atoms with Crippen LogP contribution in [0, 0.1) is 6.92 Å². The zero-order valence-electron chi connectivity index (χ0n) is 7.29. The molecule has 2 nitrogen and oxygen atoms in total. The van der Waals surface area contributed by atoms with Gasteiger partial charge in [0.1, 0.15) is 0 Å². The van der Waals surface area contributed by atoms with Crippen LogP contribution < -0.4 is 0 Å². The standard InChI is InChI=1S/C9H19O2/c1-3-5-9(11)7-4-6-8(2)10/h8-11H,1,3-7H2,2H3. The third-order valence-electron chi connectivity index (χ3n) is 1.70. The number of aliphatic hydroxyl groups excluding tert-OH is 2. The Hall–Kier alpha value is -0.0800. The van der Waals surface area contributed by atoms with Gasteiger partial charge in [0.05, 0.1) is 12.2 Å². The second-order valence-electron chi connectivity index (χ2n) is 3.08. The Labute approximate surface area is 69.2 Å². The third-order valence-corrected chi connectivity index (χ3v) is 1.70. The molecule has 0 spiro atoms. The van der Waals surface area contributed by atoms with Crippen LogP contribution in [0.3, 0.4) is 0 Å². The lowest BCUT2D eigenvalue weighted by atomic mass is 10.1. The molecular formula is C9H19O2. The first-order valence-corrected chi connectivity index (χ1v) is 4.32. The number of aliphatic hydroxyl groups is 2. The smallest absolute Gasteiger partial charge is 0.0540 e. The molecular weight excluding hydrogens is 140 g/mol. The molecule has 0 heterocycles. The zero-order valence-corrected chi connectivity index (χ0v) is 7.29. The molecule has 0 fully saturated rings. The monoisotopic (exact) mass is 159 g/mol. The van der Waals surface area contributed by atoms with E-state index >= 15 is 0 Å². The van der Waals surface area contributed by atoms with Crippen LogP contribution in [0.15, 0.2) is 0 Å². The van der Waals surface area contributed by atoms with Crippen molar-refractivity contribution in [3.63, 3.8) is 0 Å². The molecule has 2 atom stereocenters. The molecule has 0 amide bonds. The van der Waals surface area contributed by atoms with Crippen molar-refractivity contribution in [1.82, 2.24) is 0 Å². The van der Waals surface area contributed by atoms with Crippen molar-refractivity contribution >= 4 is 0 Å². The topological polar surface area (TPSA) is 40.5 Å². The van der Waals surface area contributed by atoms with Gasteiger partial charge in [0.15, 0.2) is 0 Å². The van der Waals surface area contributed by atoms with Crippen LogP contribution >= 0.6 is 0 Å². The van der Waals surface area contributed by atoms with Crippen molar-refractivity contribution in [2.24, 2.45) is 0 Å². The summed E-state index contributed by atoms with van der Waals surface area (Å²) in [5.41, 5.74) is 0. The van der Waals surface area contributed by atoms with Gasteiger partial charge in [-0.25, -0.2) is 0 Å². The van der Waals surface area contributed by atoms with Crippen molar-refractivity contribution in [2.75, 3.05) is 0 Å². The zero-order chi connectivity index (χ0) is 8.69. The summed E-state index contributed by atoms with van der Waals surface area (Å²) in [7, 11) is 0. The molecule has 0 aliphatic carbocycles. The number of hydrogen-bond acceptors (Lipinski definition) is 2. The molecule has 0 aromatic carbocycles. The van der Waals surface area contributed by atoms with Crippen molar-refractivity contribution in [2.45, 2.75) is 51.2 Å². The van der Waals surface area contributed by atoms with E-state index in [2.05, 4.69) is 6.92 Å². The average Bonchev–Trinajstić information content (AvgIpc) is 1.87. The SMILES string of the molecule is [CH2]CCC(O)CCCC(C)O. The highest BCUT2D eigenvalue weighted by atomic mass is 16.3. The maximum atomic E-state index is 9.24. The molecule has 0 aliphatic rings. The van der Waals surface area contributed by atoms with Crippen molar-refractivity contribution in [1.29, 1.82) is 0 Å². The van der Waals surface area contributed by atoms with E-state index in [4.69, 9.17) is 5.11 Å². The summed E-state index contributed by atoms with van der Waals surface area (Å²) in [5, 5.41) is 18.1. The van der Waals surface area contributed by atoms with Gasteiger partial charge in [-0.1, -0.05) is 13.3 Å². The quantitative estimate of drug-likeness (QED) is 0.616. The lowest BCUT2D eigenvalue weighted by Crippen LogP contribution is -2.07. The predicted octanol–water partition coefficient (Wildman–Crippen LogP) is 1.51. The van der Waals surface area contributed by atoms with Crippen LogP contribution in [0.5, 0.6) is 0 Å². The lowest BCUT2D eigenvalue weighted by Gasteiger charge is -2.09. The first kappa shape index (κ1) is 10.9. The van der Waals surface area contributed by atoms with E-state index in [9.17, 15) is 5.11 Å². The van der Waals surface area contributed by atoms with Crippen LogP contribution in [-0.2, 0) is 0 Å². The lowest BCUT2D eigenvalue weighted by molar-refractivity contribution is 0.136. The summed E-state index contributed by atoms with van der Waals surface area (Å²) in [5.74, 6) is 0. The summed E-state index contributed by atoms with van der Waals surface area (Å²) in [4.78, 5) is 0. The van der Waals surface area contributed by atoms with E-state index < -0.39 is 0 Å². The molecule has 67 valence electrons. The van der Waals surface area contributed by atoms with E-state index in [1.807, 2.05) is 0 Å². The molecule has 0 saturated carbocycles. The molecule has 0 aliphatic heterocycles. The van der Waals surface area contributed by atoms with Crippen LogP contribution in [0.4, 0.5) is 0 Å².